The largest absolute Gasteiger partial charge is 0.481 e. The molecule has 0 aliphatic rings. The van der Waals surface area contributed by atoms with Crippen molar-refractivity contribution in [1.82, 2.24) is 4.98 Å². The van der Waals surface area contributed by atoms with Crippen LogP contribution in [0.4, 0.5) is 0 Å². The number of hydrogen-bond donors (Lipinski definition) is 0. The molecular formula is C9H12NO. The van der Waals surface area contributed by atoms with Gasteiger partial charge in [0.15, 0.2) is 0 Å². The van der Waals surface area contributed by atoms with Gasteiger partial charge >= 0.3 is 0 Å². The van der Waals surface area contributed by atoms with E-state index in [0.29, 0.717) is 5.88 Å². The second-order valence-corrected chi connectivity index (χ2v) is 2.25. The van der Waals surface area contributed by atoms with Gasteiger partial charge in [0, 0.05) is 12.3 Å². The van der Waals surface area contributed by atoms with Gasteiger partial charge in [-0.05, 0) is 18.4 Å². The van der Waals surface area contributed by atoms with Crippen LogP contribution in [0.25, 0.3) is 0 Å². The number of ether oxygens (including phenoxy) is 1. The summed E-state index contributed by atoms with van der Waals surface area (Å²) in [7, 11) is 1.62. The van der Waals surface area contributed by atoms with Gasteiger partial charge in [-0.1, -0.05) is 13.0 Å². The summed E-state index contributed by atoms with van der Waals surface area (Å²) >= 11 is 0. The Kier molecular flexibility index (Phi) is 2.90. The summed E-state index contributed by atoms with van der Waals surface area (Å²) < 4.78 is 4.92. The molecule has 0 aromatic carbocycles. The van der Waals surface area contributed by atoms with Crippen molar-refractivity contribution < 1.29 is 4.74 Å². The summed E-state index contributed by atoms with van der Waals surface area (Å²) in [5.74, 6) is 0.665. The molecule has 0 bridgehead atoms. The first-order valence-corrected chi connectivity index (χ1v) is 3.70. The Morgan fingerprint density at radius 2 is 2.36 bits per heavy atom. The van der Waals surface area contributed by atoms with Crippen LogP contribution < -0.4 is 4.74 Å². The van der Waals surface area contributed by atoms with E-state index in [0.717, 1.165) is 12.0 Å². The fourth-order valence-electron chi connectivity index (χ4n) is 0.869. The summed E-state index contributed by atoms with van der Waals surface area (Å²) in [4.78, 5) is 4.06. The van der Waals surface area contributed by atoms with Crippen molar-refractivity contribution in [2.75, 3.05) is 7.11 Å². The van der Waals surface area contributed by atoms with E-state index in [1.165, 1.54) is 0 Å². The molecule has 0 fully saturated rings. The highest BCUT2D eigenvalue weighted by molar-refractivity contribution is 5.23. The Morgan fingerprint density at radius 1 is 1.55 bits per heavy atom. The fraction of sp³-hybridized carbons (Fsp3) is 0.333. The fourth-order valence-corrected chi connectivity index (χ4v) is 0.869. The minimum absolute atomic E-state index is 0.665. The van der Waals surface area contributed by atoms with E-state index >= 15 is 0 Å². The van der Waals surface area contributed by atoms with Crippen molar-refractivity contribution in [1.29, 1.82) is 0 Å². The third-order valence-electron chi connectivity index (χ3n) is 1.41. The average Bonchev–Trinajstić information content (AvgIpc) is 2.07. The molecule has 0 unspecified atom stereocenters. The van der Waals surface area contributed by atoms with E-state index < -0.39 is 0 Å². The molecule has 0 N–H and O–H groups in total. The number of aromatic nitrogens is 1. The van der Waals surface area contributed by atoms with Gasteiger partial charge in [-0.3, -0.25) is 0 Å². The Balaban J connectivity index is 2.66. The van der Waals surface area contributed by atoms with E-state index in [9.17, 15) is 0 Å². The monoisotopic (exact) mass is 150 g/mol. The second-order valence-electron chi connectivity index (χ2n) is 2.25. The number of nitrogens with zero attached hydrogens (tertiary/aromatic N) is 1. The smallest absolute Gasteiger partial charge is 0.212 e. The van der Waals surface area contributed by atoms with Crippen molar-refractivity contribution in [2.45, 2.75) is 13.3 Å². The van der Waals surface area contributed by atoms with E-state index in [4.69, 9.17) is 4.74 Å². The first kappa shape index (κ1) is 8.05. The SMILES string of the molecule is CC[CH]c1ccc(OC)nc1. The Hall–Kier alpha value is -1.05. The van der Waals surface area contributed by atoms with E-state index in [2.05, 4.69) is 18.3 Å². The van der Waals surface area contributed by atoms with Crippen molar-refractivity contribution in [3.63, 3.8) is 0 Å². The molecular weight excluding hydrogens is 138 g/mol. The highest BCUT2D eigenvalue weighted by atomic mass is 16.5. The molecule has 0 saturated carbocycles. The Morgan fingerprint density at radius 3 is 2.82 bits per heavy atom. The highest BCUT2D eigenvalue weighted by Gasteiger charge is 1.93. The summed E-state index contributed by atoms with van der Waals surface area (Å²) in [6, 6.07) is 3.86. The lowest BCUT2D eigenvalue weighted by Gasteiger charge is -1.99. The molecule has 0 spiro atoms. The van der Waals surface area contributed by atoms with Crippen molar-refractivity contribution >= 4 is 0 Å². The van der Waals surface area contributed by atoms with Gasteiger partial charge in [-0.15, -0.1) is 0 Å². The summed E-state index contributed by atoms with van der Waals surface area (Å²) in [5.41, 5.74) is 1.15. The van der Waals surface area contributed by atoms with Gasteiger partial charge in [-0.25, -0.2) is 4.98 Å². The molecule has 2 heteroatoms. The highest BCUT2D eigenvalue weighted by Crippen LogP contribution is 2.08. The van der Waals surface area contributed by atoms with Crippen LogP contribution in [-0.2, 0) is 0 Å². The van der Waals surface area contributed by atoms with Gasteiger partial charge in [0.2, 0.25) is 5.88 Å². The predicted octanol–water partition coefficient (Wildman–Crippen LogP) is 2.05. The predicted molar refractivity (Wildman–Crippen MR) is 44.5 cm³/mol. The molecule has 0 amide bonds. The van der Waals surface area contributed by atoms with Crippen LogP contribution in [0.3, 0.4) is 0 Å². The molecule has 0 aliphatic heterocycles. The zero-order chi connectivity index (χ0) is 8.10. The van der Waals surface area contributed by atoms with Gasteiger partial charge in [0.1, 0.15) is 0 Å². The van der Waals surface area contributed by atoms with Gasteiger partial charge in [-0.2, -0.15) is 0 Å². The van der Waals surface area contributed by atoms with Crippen LogP contribution in [0.2, 0.25) is 0 Å². The average molecular weight is 150 g/mol. The Bertz CT molecular complexity index is 205. The third kappa shape index (κ3) is 2.22. The second kappa shape index (κ2) is 3.96. The number of pyridine rings is 1. The molecule has 1 aromatic heterocycles. The van der Waals surface area contributed by atoms with Crippen LogP contribution >= 0.6 is 0 Å². The maximum absolute atomic E-state index is 4.92. The molecule has 1 radical (unpaired) electrons. The third-order valence-corrected chi connectivity index (χ3v) is 1.41. The lowest BCUT2D eigenvalue weighted by molar-refractivity contribution is 0.397. The van der Waals surface area contributed by atoms with Crippen LogP contribution in [0.1, 0.15) is 18.9 Å². The first-order valence-electron chi connectivity index (χ1n) is 3.70. The topological polar surface area (TPSA) is 22.1 Å². The van der Waals surface area contributed by atoms with Gasteiger partial charge < -0.3 is 4.74 Å². The normalized spacial score (nSPS) is 9.64. The number of rotatable bonds is 3. The summed E-state index contributed by atoms with van der Waals surface area (Å²) in [5, 5.41) is 0. The maximum atomic E-state index is 4.92. The molecule has 59 valence electrons. The Labute approximate surface area is 67.2 Å². The number of hydrogen-bond acceptors (Lipinski definition) is 2. The lowest BCUT2D eigenvalue weighted by Crippen LogP contribution is -1.88. The standard InChI is InChI=1S/C9H12NO/c1-3-4-8-5-6-9(11-2)10-7-8/h4-7H,3H2,1-2H3. The molecule has 1 rings (SSSR count). The van der Waals surface area contributed by atoms with Crippen LogP contribution in [0, 0.1) is 6.42 Å². The molecule has 1 aromatic rings. The summed E-state index contributed by atoms with van der Waals surface area (Å²) in [6.45, 7) is 2.10. The molecule has 11 heavy (non-hydrogen) atoms. The summed E-state index contributed by atoms with van der Waals surface area (Å²) in [6.07, 6.45) is 4.96. The molecule has 0 atom stereocenters. The zero-order valence-corrected chi connectivity index (χ0v) is 6.87. The van der Waals surface area contributed by atoms with Gasteiger partial charge in [0.05, 0.1) is 7.11 Å². The zero-order valence-electron chi connectivity index (χ0n) is 6.87. The maximum Gasteiger partial charge on any atom is 0.212 e. The minimum atomic E-state index is 0.665. The minimum Gasteiger partial charge on any atom is -0.481 e. The van der Waals surface area contributed by atoms with Crippen LogP contribution in [0.15, 0.2) is 18.3 Å². The van der Waals surface area contributed by atoms with Crippen molar-refractivity contribution in [2.24, 2.45) is 0 Å². The quantitative estimate of drug-likeness (QED) is 0.658. The molecule has 0 aliphatic carbocycles. The number of methoxy groups -OCH3 is 1. The molecule has 2 nitrogen and oxygen atoms in total. The van der Waals surface area contributed by atoms with Crippen molar-refractivity contribution in [3.8, 4) is 5.88 Å². The van der Waals surface area contributed by atoms with E-state index in [1.54, 1.807) is 7.11 Å². The van der Waals surface area contributed by atoms with E-state index in [-0.39, 0.29) is 0 Å². The van der Waals surface area contributed by atoms with E-state index in [1.807, 2.05) is 18.3 Å². The van der Waals surface area contributed by atoms with Crippen molar-refractivity contribution in [3.05, 3.63) is 30.3 Å². The van der Waals surface area contributed by atoms with Gasteiger partial charge in [0.25, 0.3) is 0 Å². The van der Waals surface area contributed by atoms with Crippen LogP contribution in [-0.4, -0.2) is 12.1 Å². The first-order chi connectivity index (χ1) is 5.36. The van der Waals surface area contributed by atoms with Crippen LogP contribution in [0.5, 0.6) is 5.88 Å². The lowest BCUT2D eigenvalue weighted by atomic mass is 10.2. The molecule has 1 heterocycles. The molecule has 0 saturated heterocycles.